The van der Waals surface area contributed by atoms with Gasteiger partial charge in [0.05, 0.1) is 19.1 Å². The first-order valence-corrected chi connectivity index (χ1v) is 6.18. The molecule has 1 N–H and O–H groups in total. The van der Waals surface area contributed by atoms with Crippen LogP contribution in [0, 0.1) is 13.8 Å². The molecule has 1 atom stereocenters. The van der Waals surface area contributed by atoms with Gasteiger partial charge in [-0.1, -0.05) is 0 Å². The Labute approximate surface area is 112 Å². The Bertz CT molecular complexity index is 578. The molecule has 0 saturated carbocycles. The van der Waals surface area contributed by atoms with E-state index < -0.39 is 6.10 Å². The predicted molar refractivity (Wildman–Crippen MR) is 72.1 cm³/mol. The van der Waals surface area contributed by atoms with Crippen molar-refractivity contribution in [2.45, 2.75) is 26.4 Å². The van der Waals surface area contributed by atoms with Gasteiger partial charge in [-0.2, -0.15) is 0 Å². The van der Waals surface area contributed by atoms with E-state index in [4.69, 9.17) is 4.74 Å². The quantitative estimate of drug-likeness (QED) is 0.910. The standard InChI is InChI=1S/C14H19N3O2/c1-9-6-15-11(10(2)14(9)19-4)5-13(18)12-7-17(3)8-16-12/h6-8,13,18H,5H2,1-4H3. The van der Waals surface area contributed by atoms with Gasteiger partial charge in [-0.15, -0.1) is 0 Å². The van der Waals surface area contributed by atoms with Crippen LogP contribution < -0.4 is 4.74 Å². The van der Waals surface area contributed by atoms with Gasteiger partial charge in [0.15, 0.2) is 0 Å². The summed E-state index contributed by atoms with van der Waals surface area (Å²) in [5.41, 5.74) is 3.46. The summed E-state index contributed by atoms with van der Waals surface area (Å²) in [6.07, 6.45) is 5.03. The number of methoxy groups -OCH3 is 1. The van der Waals surface area contributed by atoms with Gasteiger partial charge >= 0.3 is 0 Å². The van der Waals surface area contributed by atoms with Crippen molar-refractivity contribution in [1.29, 1.82) is 0 Å². The third-order valence-corrected chi connectivity index (χ3v) is 3.20. The molecule has 2 aromatic rings. The zero-order valence-electron chi connectivity index (χ0n) is 11.7. The molecule has 0 aliphatic carbocycles. The van der Waals surface area contributed by atoms with Crippen molar-refractivity contribution in [3.8, 4) is 5.75 Å². The molecule has 1 unspecified atom stereocenters. The summed E-state index contributed by atoms with van der Waals surface area (Å²) >= 11 is 0. The first-order chi connectivity index (χ1) is 9.02. The van der Waals surface area contributed by atoms with Crippen molar-refractivity contribution in [1.82, 2.24) is 14.5 Å². The second-order valence-electron chi connectivity index (χ2n) is 4.73. The highest BCUT2D eigenvalue weighted by Crippen LogP contribution is 2.26. The summed E-state index contributed by atoms with van der Waals surface area (Å²) in [4.78, 5) is 8.54. The highest BCUT2D eigenvalue weighted by Gasteiger charge is 2.16. The molecule has 5 heteroatoms. The molecule has 0 amide bonds. The number of hydrogen-bond donors (Lipinski definition) is 1. The van der Waals surface area contributed by atoms with Gasteiger partial charge in [-0.25, -0.2) is 4.98 Å². The number of aryl methyl sites for hydroxylation is 2. The van der Waals surface area contributed by atoms with Crippen LogP contribution in [0.15, 0.2) is 18.7 Å². The van der Waals surface area contributed by atoms with Crippen LogP contribution in [0.1, 0.15) is 28.6 Å². The third kappa shape index (κ3) is 2.76. The van der Waals surface area contributed by atoms with Crippen molar-refractivity contribution in [2.75, 3.05) is 7.11 Å². The van der Waals surface area contributed by atoms with E-state index >= 15 is 0 Å². The number of aliphatic hydroxyl groups excluding tert-OH is 1. The van der Waals surface area contributed by atoms with Crippen molar-refractivity contribution in [3.63, 3.8) is 0 Å². The maximum absolute atomic E-state index is 10.2. The first kappa shape index (κ1) is 13.5. The van der Waals surface area contributed by atoms with Crippen LogP contribution in [0.4, 0.5) is 0 Å². The molecule has 0 saturated heterocycles. The Morgan fingerprint density at radius 2 is 2.11 bits per heavy atom. The normalized spacial score (nSPS) is 12.5. The maximum Gasteiger partial charge on any atom is 0.128 e. The van der Waals surface area contributed by atoms with Crippen LogP contribution in [0.25, 0.3) is 0 Å². The zero-order chi connectivity index (χ0) is 14.0. The Morgan fingerprint density at radius 3 is 2.68 bits per heavy atom. The average molecular weight is 261 g/mol. The molecule has 5 nitrogen and oxygen atoms in total. The molecule has 0 aliphatic heterocycles. The molecule has 0 aromatic carbocycles. The number of hydrogen-bond acceptors (Lipinski definition) is 4. The Hall–Kier alpha value is -1.88. The van der Waals surface area contributed by atoms with Gasteiger partial charge in [0, 0.05) is 42.7 Å². The fraction of sp³-hybridized carbons (Fsp3) is 0.429. The Kier molecular flexibility index (Phi) is 3.85. The second kappa shape index (κ2) is 5.40. The van der Waals surface area contributed by atoms with Crippen LogP contribution in [0.3, 0.4) is 0 Å². The van der Waals surface area contributed by atoms with Crippen molar-refractivity contribution in [3.05, 3.63) is 41.2 Å². The van der Waals surface area contributed by atoms with E-state index in [-0.39, 0.29) is 0 Å². The number of pyridine rings is 1. The highest BCUT2D eigenvalue weighted by atomic mass is 16.5. The summed E-state index contributed by atoms with van der Waals surface area (Å²) in [7, 11) is 3.52. The predicted octanol–water partition coefficient (Wildman–Crippen LogP) is 1.72. The number of aromatic nitrogens is 3. The van der Waals surface area contributed by atoms with Crippen LogP contribution in [0.5, 0.6) is 5.75 Å². The van der Waals surface area contributed by atoms with E-state index in [9.17, 15) is 5.11 Å². The van der Waals surface area contributed by atoms with Gasteiger partial charge < -0.3 is 14.4 Å². The Morgan fingerprint density at radius 1 is 1.37 bits per heavy atom. The molecule has 2 heterocycles. The lowest BCUT2D eigenvalue weighted by Crippen LogP contribution is -2.07. The molecule has 2 rings (SSSR count). The second-order valence-corrected chi connectivity index (χ2v) is 4.73. The van der Waals surface area contributed by atoms with Crippen molar-refractivity contribution >= 4 is 0 Å². The molecule has 0 fully saturated rings. The number of rotatable bonds is 4. The van der Waals surface area contributed by atoms with Crippen LogP contribution in [-0.2, 0) is 13.5 Å². The molecular weight excluding hydrogens is 242 g/mol. The SMILES string of the molecule is COc1c(C)cnc(CC(O)c2cn(C)cn2)c1C. The summed E-state index contributed by atoms with van der Waals surface area (Å²) in [6, 6.07) is 0. The van der Waals surface area contributed by atoms with Crippen LogP contribution in [-0.4, -0.2) is 26.8 Å². The summed E-state index contributed by atoms with van der Waals surface area (Å²) in [5.74, 6) is 0.832. The van der Waals surface area contributed by atoms with Gasteiger partial charge in [0.2, 0.25) is 0 Å². The van der Waals surface area contributed by atoms with Crippen LogP contribution >= 0.6 is 0 Å². The highest BCUT2D eigenvalue weighted by molar-refractivity contribution is 5.41. The molecule has 0 bridgehead atoms. The Balaban J connectivity index is 2.24. The number of ether oxygens (including phenoxy) is 1. The topological polar surface area (TPSA) is 60.2 Å². The lowest BCUT2D eigenvalue weighted by Gasteiger charge is -2.14. The maximum atomic E-state index is 10.2. The lowest BCUT2D eigenvalue weighted by atomic mass is 10.0. The first-order valence-electron chi connectivity index (χ1n) is 6.18. The zero-order valence-corrected chi connectivity index (χ0v) is 11.7. The van der Waals surface area contributed by atoms with Gasteiger partial charge in [0.1, 0.15) is 11.9 Å². The molecule has 0 aliphatic rings. The largest absolute Gasteiger partial charge is 0.496 e. The van der Waals surface area contributed by atoms with Gasteiger partial charge in [-0.05, 0) is 13.8 Å². The minimum absolute atomic E-state index is 0.430. The summed E-state index contributed by atoms with van der Waals surface area (Å²) < 4.78 is 7.18. The number of imidazole rings is 1. The van der Waals surface area contributed by atoms with E-state index in [0.29, 0.717) is 12.1 Å². The molecule has 102 valence electrons. The average Bonchev–Trinajstić information content (AvgIpc) is 2.80. The van der Waals surface area contributed by atoms with Crippen LogP contribution in [0.2, 0.25) is 0 Å². The number of aliphatic hydroxyl groups is 1. The van der Waals surface area contributed by atoms with E-state index in [2.05, 4.69) is 9.97 Å². The number of nitrogens with zero attached hydrogens (tertiary/aromatic N) is 3. The summed E-state index contributed by atoms with van der Waals surface area (Å²) in [5, 5.41) is 10.2. The van der Waals surface area contributed by atoms with Crippen molar-refractivity contribution < 1.29 is 9.84 Å². The monoisotopic (exact) mass is 261 g/mol. The van der Waals surface area contributed by atoms with Gasteiger partial charge in [0.25, 0.3) is 0 Å². The van der Waals surface area contributed by atoms with Gasteiger partial charge in [-0.3, -0.25) is 4.98 Å². The molecule has 0 radical (unpaired) electrons. The van der Waals surface area contributed by atoms with Crippen molar-refractivity contribution in [2.24, 2.45) is 7.05 Å². The van der Waals surface area contributed by atoms with E-state index in [1.807, 2.05) is 31.7 Å². The fourth-order valence-electron chi connectivity index (χ4n) is 2.17. The van der Waals surface area contributed by atoms with E-state index in [0.717, 1.165) is 22.6 Å². The minimum Gasteiger partial charge on any atom is -0.496 e. The third-order valence-electron chi connectivity index (χ3n) is 3.20. The molecule has 0 spiro atoms. The minimum atomic E-state index is -0.653. The lowest BCUT2D eigenvalue weighted by molar-refractivity contribution is 0.172. The molecular formula is C14H19N3O2. The smallest absolute Gasteiger partial charge is 0.128 e. The molecule has 2 aromatic heterocycles. The fourth-order valence-corrected chi connectivity index (χ4v) is 2.17. The molecule has 19 heavy (non-hydrogen) atoms. The van der Waals surface area contributed by atoms with E-state index in [1.165, 1.54) is 0 Å². The summed E-state index contributed by atoms with van der Waals surface area (Å²) in [6.45, 7) is 3.91. The van der Waals surface area contributed by atoms with E-state index in [1.54, 1.807) is 19.6 Å².